The minimum Gasteiger partial charge on any atom is -0.393 e. The molecule has 0 fully saturated rings. The fraction of sp³-hybridized carbons (Fsp3) is 0.375. The Bertz CT molecular complexity index is 488. The number of hydrogen-bond acceptors (Lipinski definition) is 2. The Kier molecular flexibility index (Phi) is 4.56. The third-order valence-corrected chi connectivity index (χ3v) is 4.12. The quantitative estimate of drug-likeness (QED) is 0.864. The van der Waals surface area contributed by atoms with Crippen LogP contribution in [0, 0.1) is 13.8 Å². The zero-order chi connectivity index (χ0) is 13.0. The van der Waals surface area contributed by atoms with E-state index in [0.717, 1.165) is 19.3 Å². The third-order valence-electron chi connectivity index (χ3n) is 3.39. The minimum absolute atomic E-state index is 0.244. The molecule has 1 nitrogen and oxygen atoms in total. The zero-order valence-corrected chi connectivity index (χ0v) is 11.8. The van der Waals surface area contributed by atoms with Gasteiger partial charge in [-0.25, -0.2) is 0 Å². The molecule has 96 valence electrons. The predicted molar refractivity (Wildman–Crippen MR) is 78.3 cm³/mol. The molecular formula is C16H20OS. The first-order chi connectivity index (χ1) is 8.65. The highest BCUT2D eigenvalue weighted by molar-refractivity contribution is 7.07. The summed E-state index contributed by atoms with van der Waals surface area (Å²) >= 11 is 1.72. The molecule has 0 amide bonds. The van der Waals surface area contributed by atoms with E-state index in [1.807, 2.05) is 0 Å². The predicted octanol–water partition coefficient (Wildman–Crippen LogP) is 3.90. The van der Waals surface area contributed by atoms with Crippen LogP contribution in [0.2, 0.25) is 0 Å². The van der Waals surface area contributed by atoms with Crippen molar-refractivity contribution in [1.82, 2.24) is 0 Å². The Labute approximate surface area is 113 Å². The SMILES string of the molecule is Cc1ccc(CC(O)CCc2ccsc2)cc1C. The minimum atomic E-state index is -0.244. The summed E-state index contributed by atoms with van der Waals surface area (Å²) in [5.41, 5.74) is 5.18. The van der Waals surface area contributed by atoms with Gasteiger partial charge in [0.15, 0.2) is 0 Å². The van der Waals surface area contributed by atoms with E-state index >= 15 is 0 Å². The van der Waals surface area contributed by atoms with Crippen molar-refractivity contribution in [2.45, 2.75) is 39.2 Å². The molecule has 0 spiro atoms. The van der Waals surface area contributed by atoms with Gasteiger partial charge in [-0.05, 0) is 72.2 Å². The molecular weight excluding hydrogens is 240 g/mol. The number of aliphatic hydroxyl groups excluding tert-OH is 1. The van der Waals surface area contributed by atoms with Crippen molar-refractivity contribution in [2.75, 3.05) is 0 Å². The van der Waals surface area contributed by atoms with Gasteiger partial charge in [-0.2, -0.15) is 11.3 Å². The van der Waals surface area contributed by atoms with Gasteiger partial charge in [-0.3, -0.25) is 0 Å². The second kappa shape index (κ2) is 6.17. The Hall–Kier alpha value is -1.12. The summed E-state index contributed by atoms with van der Waals surface area (Å²) in [6.07, 6.45) is 2.32. The number of benzene rings is 1. The first-order valence-electron chi connectivity index (χ1n) is 6.40. The summed E-state index contributed by atoms with van der Waals surface area (Å²) < 4.78 is 0. The molecule has 2 aromatic rings. The second-order valence-corrected chi connectivity index (χ2v) is 5.73. The van der Waals surface area contributed by atoms with Gasteiger partial charge in [-0.1, -0.05) is 18.2 Å². The van der Waals surface area contributed by atoms with Crippen molar-refractivity contribution in [3.05, 3.63) is 57.3 Å². The average molecular weight is 260 g/mol. The molecule has 0 saturated carbocycles. The largest absolute Gasteiger partial charge is 0.393 e. The monoisotopic (exact) mass is 260 g/mol. The number of rotatable bonds is 5. The molecule has 0 aliphatic rings. The van der Waals surface area contributed by atoms with Gasteiger partial charge in [0.1, 0.15) is 0 Å². The van der Waals surface area contributed by atoms with Gasteiger partial charge < -0.3 is 5.11 Å². The summed E-state index contributed by atoms with van der Waals surface area (Å²) in [5, 5.41) is 14.3. The lowest BCUT2D eigenvalue weighted by Gasteiger charge is -2.11. The van der Waals surface area contributed by atoms with Crippen LogP contribution in [0.25, 0.3) is 0 Å². The van der Waals surface area contributed by atoms with E-state index in [0.29, 0.717) is 0 Å². The van der Waals surface area contributed by atoms with Crippen LogP contribution in [-0.2, 0) is 12.8 Å². The van der Waals surface area contributed by atoms with Crippen LogP contribution in [0.4, 0.5) is 0 Å². The number of aryl methyl sites for hydroxylation is 3. The molecule has 0 radical (unpaired) electrons. The standard InChI is InChI=1S/C16H20OS/c1-12-3-4-15(9-13(12)2)10-16(17)6-5-14-7-8-18-11-14/h3-4,7-9,11,16-17H,5-6,10H2,1-2H3. The van der Waals surface area contributed by atoms with Crippen molar-refractivity contribution in [2.24, 2.45) is 0 Å². The zero-order valence-electron chi connectivity index (χ0n) is 11.0. The van der Waals surface area contributed by atoms with E-state index in [9.17, 15) is 5.11 Å². The summed E-state index contributed by atoms with van der Waals surface area (Å²) in [6.45, 7) is 4.24. The van der Waals surface area contributed by atoms with Crippen LogP contribution >= 0.6 is 11.3 Å². The van der Waals surface area contributed by atoms with Crippen LogP contribution in [-0.4, -0.2) is 11.2 Å². The van der Waals surface area contributed by atoms with Crippen molar-refractivity contribution >= 4 is 11.3 Å². The molecule has 1 heterocycles. The molecule has 1 unspecified atom stereocenters. The van der Waals surface area contributed by atoms with E-state index in [1.165, 1.54) is 22.3 Å². The van der Waals surface area contributed by atoms with Crippen LogP contribution < -0.4 is 0 Å². The van der Waals surface area contributed by atoms with Gasteiger partial charge >= 0.3 is 0 Å². The first-order valence-corrected chi connectivity index (χ1v) is 7.34. The molecule has 1 aromatic heterocycles. The molecule has 1 aromatic carbocycles. The van der Waals surface area contributed by atoms with E-state index in [2.05, 4.69) is 48.9 Å². The van der Waals surface area contributed by atoms with E-state index in [4.69, 9.17) is 0 Å². The Morgan fingerprint density at radius 2 is 1.94 bits per heavy atom. The molecule has 0 aliphatic heterocycles. The summed E-state index contributed by atoms with van der Waals surface area (Å²) in [7, 11) is 0. The fourth-order valence-electron chi connectivity index (χ4n) is 2.07. The summed E-state index contributed by atoms with van der Waals surface area (Å²) in [5.74, 6) is 0. The molecule has 2 rings (SSSR count). The van der Waals surface area contributed by atoms with E-state index < -0.39 is 0 Å². The van der Waals surface area contributed by atoms with Crippen LogP contribution in [0.5, 0.6) is 0 Å². The second-order valence-electron chi connectivity index (χ2n) is 4.95. The highest BCUT2D eigenvalue weighted by Gasteiger charge is 2.07. The van der Waals surface area contributed by atoms with Crippen molar-refractivity contribution in [3.63, 3.8) is 0 Å². The highest BCUT2D eigenvalue weighted by Crippen LogP contribution is 2.15. The lowest BCUT2D eigenvalue weighted by molar-refractivity contribution is 0.165. The molecule has 1 N–H and O–H groups in total. The van der Waals surface area contributed by atoms with Crippen molar-refractivity contribution in [3.8, 4) is 0 Å². The Balaban J connectivity index is 1.86. The molecule has 0 aliphatic carbocycles. The third kappa shape index (κ3) is 3.69. The van der Waals surface area contributed by atoms with Gasteiger partial charge in [0.2, 0.25) is 0 Å². The molecule has 0 saturated heterocycles. The number of aliphatic hydroxyl groups is 1. The number of thiophene rings is 1. The smallest absolute Gasteiger partial charge is 0.0583 e. The van der Waals surface area contributed by atoms with Crippen LogP contribution in [0.3, 0.4) is 0 Å². The average Bonchev–Trinajstić information content (AvgIpc) is 2.84. The molecule has 18 heavy (non-hydrogen) atoms. The fourth-order valence-corrected chi connectivity index (χ4v) is 2.78. The molecule has 0 bridgehead atoms. The summed E-state index contributed by atoms with van der Waals surface area (Å²) in [4.78, 5) is 0. The Morgan fingerprint density at radius 3 is 2.61 bits per heavy atom. The normalized spacial score (nSPS) is 12.6. The van der Waals surface area contributed by atoms with Gasteiger partial charge in [0, 0.05) is 0 Å². The van der Waals surface area contributed by atoms with E-state index in [1.54, 1.807) is 11.3 Å². The highest BCUT2D eigenvalue weighted by atomic mass is 32.1. The Morgan fingerprint density at radius 1 is 1.11 bits per heavy atom. The van der Waals surface area contributed by atoms with E-state index in [-0.39, 0.29) is 6.10 Å². The molecule has 1 atom stereocenters. The number of hydrogen-bond donors (Lipinski definition) is 1. The lowest BCUT2D eigenvalue weighted by Crippen LogP contribution is -2.11. The molecule has 2 heteroatoms. The van der Waals surface area contributed by atoms with Gasteiger partial charge in [0.05, 0.1) is 6.10 Å². The first kappa shape index (κ1) is 13.3. The maximum absolute atomic E-state index is 10.1. The van der Waals surface area contributed by atoms with Crippen LogP contribution in [0.15, 0.2) is 35.0 Å². The summed E-state index contributed by atoms with van der Waals surface area (Å²) in [6, 6.07) is 8.57. The topological polar surface area (TPSA) is 20.2 Å². The van der Waals surface area contributed by atoms with Gasteiger partial charge in [-0.15, -0.1) is 0 Å². The van der Waals surface area contributed by atoms with Crippen molar-refractivity contribution < 1.29 is 5.11 Å². The maximum atomic E-state index is 10.1. The van der Waals surface area contributed by atoms with Crippen molar-refractivity contribution in [1.29, 1.82) is 0 Å². The maximum Gasteiger partial charge on any atom is 0.0583 e. The van der Waals surface area contributed by atoms with Gasteiger partial charge in [0.25, 0.3) is 0 Å². The lowest BCUT2D eigenvalue weighted by atomic mass is 9.99. The van der Waals surface area contributed by atoms with Crippen LogP contribution in [0.1, 0.15) is 28.7 Å².